The van der Waals surface area contributed by atoms with Crippen LogP contribution in [-0.4, -0.2) is 23.6 Å². The summed E-state index contributed by atoms with van der Waals surface area (Å²) in [5.41, 5.74) is 0. The number of hydrogen-bond donors (Lipinski definition) is 1. The lowest BCUT2D eigenvalue weighted by Crippen LogP contribution is -2.10. The average Bonchev–Trinajstić information content (AvgIpc) is 2.83. The molecule has 0 saturated carbocycles. The number of thiazole rings is 1. The van der Waals surface area contributed by atoms with Crippen molar-refractivity contribution in [2.24, 2.45) is 0 Å². The lowest BCUT2D eigenvalue weighted by atomic mass is 10.4. The van der Waals surface area contributed by atoms with Gasteiger partial charge in [0, 0.05) is 19.2 Å². The molecule has 2 heterocycles. The van der Waals surface area contributed by atoms with Crippen molar-refractivity contribution in [1.82, 2.24) is 15.3 Å². The van der Waals surface area contributed by atoms with Crippen LogP contribution in [0.3, 0.4) is 0 Å². The van der Waals surface area contributed by atoms with Gasteiger partial charge in [-0.2, -0.15) is 0 Å². The first-order chi connectivity index (χ1) is 7.29. The Morgan fingerprint density at radius 1 is 1.40 bits per heavy atom. The van der Waals surface area contributed by atoms with E-state index in [2.05, 4.69) is 15.3 Å². The van der Waals surface area contributed by atoms with Crippen molar-refractivity contribution in [3.05, 3.63) is 23.3 Å². The molecule has 0 bridgehead atoms. The molecule has 0 aromatic carbocycles. The van der Waals surface area contributed by atoms with Gasteiger partial charge in [-0.1, -0.05) is 0 Å². The Kier molecular flexibility index (Phi) is 3.13. The highest BCUT2D eigenvalue weighted by atomic mass is 32.1. The van der Waals surface area contributed by atoms with E-state index in [0.717, 1.165) is 34.5 Å². The van der Waals surface area contributed by atoms with Crippen LogP contribution in [0.15, 0.2) is 16.8 Å². The molecule has 5 heteroatoms. The fourth-order valence-electron chi connectivity index (χ4n) is 1.25. The molecule has 0 aliphatic heterocycles. The van der Waals surface area contributed by atoms with Gasteiger partial charge in [0.1, 0.15) is 0 Å². The number of hydrogen-bond acceptors (Lipinski definition) is 5. The lowest BCUT2D eigenvalue weighted by molar-refractivity contribution is 0.501. The second kappa shape index (κ2) is 4.55. The zero-order chi connectivity index (χ0) is 10.7. The third-order valence-electron chi connectivity index (χ3n) is 2.01. The first-order valence-corrected chi connectivity index (χ1v) is 5.63. The summed E-state index contributed by atoms with van der Waals surface area (Å²) >= 11 is 1.62. The SMILES string of the molecule is CNCCc1ncc(-c2cnc(C)s2)o1. The van der Waals surface area contributed by atoms with Crippen LogP contribution in [0, 0.1) is 6.92 Å². The second-order valence-corrected chi connectivity index (χ2v) is 4.45. The summed E-state index contributed by atoms with van der Waals surface area (Å²) in [5, 5.41) is 4.10. The summed E-state index contributed by atoms with van der Waals surface area (Å²) in [6.07, 6.45) is 4.40. The van der Waals surface area contributed by atoms with Crippen LogP contribution in [0.4, 0.5) is 0 Å². The Hall–Kier alpha value is -1.20. The van der Waals surface area contributed by atoms with Gasteiger partial charge in [0.2, 0.25) is 0 Å². The van der Waals surface area contributed by atoms with E-state index in [1.165, 1.54) is 0 Å². The Balaban J connectivity index is 2.13. The Bertz CT molecular complexity index is 435. The van der Waals surface area contributed by atoms with Crippen molar-refractivity contribution < 1.29 is 4.42 Å². The maximum absolute atomic E-state index is 5.60. The number of oxazole rings is 1. The molecule has 0 aliphatic rings. The Morgan fingerprint density at radius 3 is 2.93 bits per heavy atom. The van der Waals surface area contributed by atoms with E-state index in [9.17, 15) is 0 Å². The minimum absolute atomic E-state index is 0.769. The zero-order valence-corrected chi connectivity index (χ0v) is 9.60. The van der Waals surface area contributed by atoms with Crippen LogP contribution >= 0.6 is 11.3 Å². The molecule has 0 radical (unpaired) electrons. The van der Waals surface area contributed by atoms with Crippen LogP contribution in [0.1, 0.15) is 10.9 Å². The maximum atomic E-state index is 5.60. The van der Waals surface area contributed by atoms with Gasteiger partial charge in [0.25, 0.3) is 0 Å². The van der Waals surface area contributed by atoms with E-state index >= 15 is 0 Å². The normalized spacial score (nSPS) is 10.8. The summed E-state index contributed by atoms with van der Waals surface area (Å²) in [6, 6.07) is 0. The molecule has 4 nitrogen and oxygen atoms in total. The number of nitrogens with one attached hydrogen (secondary N) is 1. The molecule has 0 aliphatic carbocycles. The number of nitrogens with zero attached hydrogens (tertiary/aromatic N) is 2. The van der Waals surface area contributed by atoms with Crippen LogP contribution in [0.5, 0.6) is 0 Å². The van der Waals surface area contributed by atoms with Gasteiger partial charge in [0.05, 0.1) is 16.1 Å². The highest BCUT2D eigenvalue weighted by molar-refractivity contribution is 7.14. The van der Waals surface area contributed by atoms with E-state index in [0.29, 0.717) is 0 Å². The van der Waals surface area contributed by atoms with Gasteiger partial charge in [-0.15, -0.1) is 11.3 Å². The van der Waals surface area contributed by atoms with Gasteiger partial charge < -0.3 is 9.73 Å². The van der Waals surface area contributed by atoms with Gasteiger partial charge in [-0.05, 0) is 14.0 Å². The fourth-order valence-corrected chi connectivity index (χ4v) is 1.97. The minimum atomic E-state index is 0.769. The Morgan fingerprint density at radius 2 is 2.27 bits per heavy atom. The summed E-state index contributed by atoms with van der Waals surface area (Å²) < 4.78 is 5.60. The molecule has 2 rings (SSSR count). The lowest BCUT2D eigenvalue weighted by Gasteiger charge is -1.93. The molecule has 0 amide bonds. The molecule has 2 aromatic rings. The Labute approximate surface area is 92.4 Å². The van der Waals surface area contributed by atoms with Gasteiger partial charge in [-0.25, -0.2) is 9.97 Å². The van der Waals surface area contributed by atoms with Crippen molar-refractivity contribution in [1.29, 1.82) is 0 Å². The van der Waals surface area contributed by atoms with Crippen molar-refractivity contribution in [2.75, 3.05) is 13.6 Å². The zero-order valence-electron chi connectivity index (χ0n) is 8.78. The van der Waals surface area contributed by atoms with E-state index in [1.807, 2.05) is 20.2 Å². The molecular formula is C10H13N3OS. The van der Waals surface area contributed by atoms with Gasteiger partial charge >= 0.3 is 0 Å². The van der Waals surface area contributed by atoms with Crippen molar-refractivity contribution in [3.8, 4) is 10.6 Å². The average molecular weight is 223 g/mol. The van der Waals surface area contributed by atoms with Crippen molar-refractivity contribution in [2.45, 2.75) is 13.3 Å². The molecule has 0 fully saturated rings. The smallest absolute Gasteiger partial charge is 0.196 e. The third-order valence-corrected chi connectivity index (χ3v) is 2.93. The molecular weight excluding hydrogens is 210 g/mol. The maximum Gasteiger partial charge on any atom is 0.196 e. The highest BCUT2D eigenvalue weighted by Crippen LogP contribution is 2.26. The standard InChI is InChI=1S/C10H13N3OS/c1-7-12-6-9(15-7)8-5-13-10(14-8)3-4-11-2/h5-6,11H,3-4H2,1-2H3. The van der Waals surface area contributed by atoms with Crippen LogP contribution < -0.4 is 5.32 Å². The second-order valence-electron chi connectivity index (χ2n) is 3.22. The first-order valence-electron chi connectivity index (χ1n) is 4.81. The monoisotopic (exact) mass is 223 g/mol. The molecule has 80 valence electrons. The third kappa shape index (κ3) is 2.43. The molecule has 0 atom stereocenters. The van der Waals surface area contributed by atoms with E-state index in [4.69, 9.17) is 4.42 Å². The van der Waals surface area contributed by atoms with Gasteiger partial charge in [-0.3, -0.25) is 0 Å². The van der Waals surface area contributed by atoms with E-state index < -0.39 is 0 Å². The molecule has 0 saturated heterocycles. The largest absolute Gasteiger partial charge is 0.440 e. The summed E-state index contributed by atoms with van der Waals surface area (Å²) in [7, 11) is 1.91. The summed E-state index contributed by atoms with van der Waals surface area (Å²) in [5.74, 6) is 1.58. The molecule has 0 spiro atoms. The number of rotatable bonds is 4. The molecule has 1 N–H and O–H groups in total. The molecule has 0 unspecified atom stereocenters. The highest BCUT2D eigenvalue weighted by Gasteiger charge is 2.08. The van der Waals surface area contributed by atoms with E-state index in [1.54, 1.807) is 17.5 Å². The van der Waals surface area contributed by atoms with Crippen molar-refractivity contribution in [3.63, 3.8) is 0 Å². The summed E-state index contributed by atoms with van der Waals surface area (Å²) in [4.78, 5) is 9.43. The predicted molar refractivity (Wildman–Crippen MR) is 60.0 cm³/mol. The first kappa shape index (κ1) is 10.3. The van der Waals surface area contributed by atoms with Crippen LogP contribution in [-0.2, 0) is 6.42 Å². The van der Waals surface area contributed by atoms with Gasteiger partial charge in [0.15, 0.2) is 11.7 Å². The number of aromatic nitrogens is 2. The summed E-state index contributed by atoms with van der Waals surface area (Å²) in [6.45, 7) is 2.86. The molecule has 2 aromatic heterocycles. The van der Waals surface area contributed by atoms with Crippen molar-refractivity contribution >= 4 is 11.3 Å². The predicted octanol–water partition coefficient (Wildman–Crippen LogP) is 1.87. The number of aryl methyl sites for hydroxylation is 1. The van der Waals surface area contributed by atoms with Crippen LogP contribution in [0.2, 0.25) is 0 Å². The fraction of sp³-hybridized carbons (Fsp3) is 0.400. The topological polar surface area (TPSA) is 51.0 Å². The van der Waals surface area contributed by atoms with E-state index in [-0.39, 0.29) is 0 Å². The van der Waals surface area contributed by atoms with Crippen LogP contribution in [0.25, 0.3) is 10.6 Å². The number of likely N-dealkylation sites (N-methyl/N-ethyl adjacent to an activating group) is 1. The minimum Gasteiger partial charge on any atom is -0.440 e. The molecule has 15 heavy (non-hydrogen) atoms. The quantitative estimate of drug-likeness (QED) is 0.859.